The molecule has 0 aromatic rings. The van der Waals surface area contributed by atoms with Gasteiger partial charge in [0, 0.05) is 45.1 Å². The van der Waals surface area contributed by atoms with Gasteiger partial charge in [0.15, 0.2) is 0 Å². The fourth-order valence-corrected chi connectivity index (χ4v) is 2.60. The second-order valence-electron chi connectivity index (χ2n) is 5.74. The molecule has 7 heteroatoms. The number of amides is 3. The Hall–Kier alpha value is -1.92. The number of piperazine rings is 1. The van der Waals surface area contributed by atoms with Crippen LogP contribution in [0.15, 0.2) is 0 Å². The number of carbonyl (C=O) groups is 4. The van der Waals surface area contributed by atoms with Gasteiger partial charge in [-0.1, -0.05) is 0 Å². The van der Waals surface area contributed by atoms with Gasteiger partial charge in [0.25, 0.3) is 0 Å². The van der Waals surface area contributed by atoms with E-state index in [0.29, 0.717) is 39.0 Å². The molecule has 21 heavy (non-hydrogen) atoms. The minimum Gasteiger partial charge on any atom is -0.340 e. The Kier molecular flexibility index (Phi) is 4.59. The second-order valence-corrected chi connectivity index (χ2v) is 5.74. The zero-order valence-electron chi connectivity index (χ0n) is 12.5. The molecule has 2 aliphatic rings. The molecule has 116 valence electrons. The first kappa shape index (κ1) is 15.5. The number of ketones is 1. The van der Waals surface area contributed by atoms with E-state index in [1.807, 2.05) is 13.8 Å². The van der Waals surface area contributed by atoms with Gasteiger partial charge in [-0.3, -0.25) is 19.2 Å². The van der Waals surface area contributed by atoms with E-state index in [-0.39, 0.29) is 24.3 Å². The fraction of sp³-hybridized carbons (Fsp3) is 0.714. The van der Waals surface area contributed by atoms with Crippen LogP contribution in [-0.2, 0) is 19.2 Å². The van der Waals surface area contributed by atoms with Crippen LogP contribution in [0.1, 0.15) is 26.7 Å². The molecule has 2 aliphatic heterocycles. The number of rotatable bonds is 3. The van der Waals surface area contributed by atoms with Crippen LogP contribution in [0.3, 0.4) is 0 Å². The van der Waals surface area contributed by atoms with Crippen LogP contribution in [0.2, 0.25) is 0 Å². The lowest BCUT2D eigenvalue weighted by atomic mass is 10.1. The average Bonchev–Trinajstić information content (AvgIpc) is 2.44. The minimum atomic E-state index is -0.614. The predicted octanol–water partition coefficient (Wildman–Crippen LogP) is -0.743. The summed E-state index contributed by atoms with van der Waals surface area (Å²) < 4.78 is 0. The molecule has 0 atom stereocenters. The lowest BCUT2D eigenvalue weighted by molar-refractivity contribution is -0.159. The molecule has 0 aromatic carbocycles. The Bertz CT molecular complexity index is 465. The van der Waals surface area contributed by atoms with Crippen molar-refractivity contribution < 1.29 is 19.2 Å². The van der Waals surface area contributed by atoms with E-state index < -0.39 is 11.8 Å². The highest BCUT2D eigenvalue weighted by Crippen LogP contribution is 2.11. The van der Waals surface area contributed by atoms with Gasteiger partial charge in [-0.05, 0) is 13.8 Å². The van der Waals surface area contributed by atoms with E-state index in [1.165, 1.54) is 9.80 Å². The number of nitrogens with zero attached hydrogens (tertiary/aromatic N) is 3. The number of likely N-dealkylation sites (tertiary alicyclic amines) is 1. The molecule has 2 rings (SSSR count). The Morgan fingerprint density at radius 3 is 2.19 bits per heavy atom. The molecule has 2 heterocycles. The van der Waals surface area contributed by atoms with Gasteiger partial charge in [-0.25, -0.2) is 0 Å². The topological polar surface area (TPSA) is 78.0 Å². The zero-order chi connectivity index (χ0) is 15.6. The van der Waals surface area contributed by atoms with Crippen LogP contribution < -0.4 is 0 Å². The summed E-state index contributed by atoms with van der Waals surface area (Å²) in [7, 11) is 0. The van der Waals surface area contributed by atoms with E-state index in [4.69, 9.17) is 0 Å². The van der Waals surface area contributed by atoms with Crippen molar-refractivity contribution >= 4 is 23.5 Å². The molecule has 0 unspecified atom stereocenters. The van der Waals surface area contributed by atoms with E-state index >= 15 is 0 Å². The fourth-order valence-electron chi connectivity index (χ4n) is 2.60. The monoisotopic (exact) mass is 295 g/mol. The SMILES string of the molecule is CC(C)N1CCN(CC(=O)N2CCC(=O)CC2)C(=O)C1=O. The zero-order valence-corrected chi connectivity index (χ0v) is 12.5. The Morgan fingerprint density at radius 2 is 1.62 bits per heavy atom. The van der Waals surface area contributed by atoms with Crippen molar-refractivity contribution in [3.05, 3.63) is 0 Å². The van der Waals surface area contributed by atoms with Crippen LogP contribution >= 0.6 is 0 Å². The largest absolute Gasteiger partial charge is 0.340 e. The third-order valence-corrected chi connectivity index (χ3v) is 3.97. The molecule has 0 spiro atoms. The van der Waals surface area contributed by atoms with E-state index in [1.54, 1.807) is 4.90 Å². The number of hydrogen-bond donors (Lipinski definition) is 0. The summed E-state index contributed by atoms with van der Waals surface area (Å²) in [5, 5.41) is 0. The maximum Gasteiger partial charge on any atom is 0.312 e. The van der Waals surface area contributed by atoms with Crippen LogP contribution in [0, 0.1) is 0 Å². The highest BCUT2D eigenvalue weighted by molar-refractivity contribution is 6.35. The molecular formula is C14H21N3O4. The van der Waals surface area contributed by atoms with Gasteiger partial charge in [-0.15, -0.1) is 0 Å². The lowest BCUT2D eigenvalue weighted by Crippen LogP contribution is -2.58. The first-order valence-electron chi connectivity index (χ1n) is 7.29. The van der Waals surface area contributed by atoms with Crippen molar-refractivity contribution in [3.63, 3.8) is 0 Å². The van der Waals surface area contributed by atoms with Crippen molar-refractivity contribution in [3.8, 4) is 0 Å². The summed E-state index contributed by atoms with van der Waals surface area (Å²) in [6, 6.07) is -0.0209. The minimum absolute atomic E-state index is 0.0209. The van der Waals surface area contributed by atoms with Crippen LogP contribution in [-0.4, -0.2) is 77.0 Å². The van der Waals surface area contributed by atoms with E-state index in [0.717, 1.165) is 0 Å². The second kappa shape index (κ2) is 6.24. The molecule has 3 amide bonds. The molecule has 0 N–H and O–H groups in total. The highest BCUT2D eigenvalue weighted by atomic mass is 16.2. The molecule has 0 saturated carbocycles. The molecule has 0 aromatic heterocycles. The van der Waals surface area contributed by atoms with Crippen molar-refractivity contribution in [1.29, 1.82) is 0 Å². The molecule has 0 bridgehead atoms. The molecule has 0 radical (unpaired) electrons. The summed E-state index contributed by atoms with van der Waals surface area (Å²) in [5.41, 5.74) is 0. The third kappa shape index (κ3) is 3.40. The Morgan fingerprint density at radius 1 is 1.00 bits per heavy atom. The number of Topliss-reactive ketones (excluding diaryl/α,β-unsaturated/α-hetero) is 1. The maximum absolute atomic E-state index is 12.1. The lowest BCUT2D eigenvalue weighted by Gasteiger charge is -2.36. The molecular weight excluding hydrogens is 274 g/mol. The van der Waals surface area contributed by atoms with Crippen molar-refractivity contribution in [2.24, 2.45) is 0 Å². The number of carbonyl (C=O) groups excluding carboxylic acids is 4. The van der Waals surface area contributed by atoms with Gasteiger partial charge >= 0.3 is 11.8 Å². The van der Waals surface area contributed by atoms with Crippen molar-refractivity contribution in [2.45, 2.75) is 32.7 Å². The van der Waals surface area contributed by atoms with Gasteiger partial charge in [0.05, 0.1) is 0 Å². The summed E-state index contributed by atoms with van der Waals surface area (Å²) in [4.78, 5) is 51.7. The van der Waals surface area contributed by atoms with Gasteiger partial charge in [0.1, 0.15) is 12.3 Å². The van der Waals surface area contributed by atoms with Gasteiger partial charge in [0.2, 0.25) is 5.91 Å². The smallest absolute Gasteiger partial charge is 0.312 e. The summed E-state index contributed by atoms with van der Waals surface area (Å²) in [6.45, 7) is 5.28. The molecule has 2 saturated heterocycles. The average molecular weight is 295 g/mol. The first-order chi connectivity index (χ1) is 9.90. The van der Waals surface area contributed by atoms with Crippen LogP contribution in [0.5, 0.6) is 0 Å². The maximum atomic E-state index is 12.1. The van der Waals surface area contributed by atoms with Crippen molar-refractivity contribution in [1.82, 2.24) is 14.7 Å². The van der Waals surface area contributed by atoms with E-state index in [2.05, 4.69) is 0 Å². The number of piperidine rings is 1. The normalized spacial score (nSPS) is 20.5. The van der Waals surface area contributed by atoms with Crippen LogP contribution in [0.25, 0.3) is 0 Å². The molecule has 7 nitrogen and oxygen atoms in total. The Labute approximate surface area is 123 Å². The van der Waals surface area contributed by atoms with E-state index in [9.17, 15) is 19.2 Å². The Balaban J connectivity index is 1.91. The highest BCUT2D eigenvalue weighted by Gasteiger charge is 2.35. The molecule has 0 aliphatic carbocycles. The quantitative estimate of drug-likeness (QED) is 0.642. The first-order valence-corrected chi connectivity index (χ1v) is 7.29. The van der Waals surface area contributed by atoms with Gasteiger partial charge in [-0.2, -0.15) is 0 Å². The summed E-state index contributed by atoms with van der Waals surface area (Å²) in [5.74, 6) is -1.19. The third-order valence-electron chi connectivity index (χ3n) is 3.97. The molecule has 2 fully saturated rings. The van der Waals surface area contributed by atoms with Crippen LogP contribution in [0.4, 0.5) is 0 Å². The predicted molar refractivity (Wildman–Crippen MR) is 74.3 cm³/mol. The number of hydrogen-bond acceptors (Lipinski definition) is 4. The standard InChI is InChI=1S/C14H21N3O4/c1-10(2)17-8-7-16(13(20)14(17)21)9-12(19)15-5-3-11(18)4-6-15/h10H,3-9H2,1-2H3. The summed E-state index contributed by atoms with van der Waals surface area (Å²) >= 11 is 0. The summed E-state index contributed by atoms with van der Waals surface area (Å²) in [6.07, 6.45) is 0.749. The van der Waals surface area contributed by atoms with Crippen molar-refractivity contribution in [2.75, 3.05) is 32.7 Å². The van der Waals surface area contributed by atoms with Gasteiger partial charge < -0.3 is 14.7 Å².